The van der Waals surface area contributed by atoms with E-state index in [4.69, 9.17) is 15.7 Å². The highest BCUT2D eigenvalue weighted by molar-refractivity contribution is 5.99. The van der Waals surface area contributed by atoms with Crippen LogP contribution in [-0.2, 0) is 11.3 Å². The molecular weight excluding hydrogens is 222 g/mol. The van der Waals surface area contributed by atoms with Crippen LogP contribution in [0.15, 0.2) is 30.5 Å². The lowest BCUT2D eigenvalue weighted by molar-refractivity contribution is -0.137. The van der Waals surface area contributed by atoms with Crippen LogP contribution in [0.1, 0.15) is 5.56 Å². The number of carboxylic acid groups (broad SMARTS) is 1. The fourth-order valence-electron chi connectivity index (χ4n) is 1.70. The number of hydroxylamine groups is 1. The van der Waals surface area contributed by atoms with Crippen LogP contribution in [0.4, 0.5) is 0 Å². The molecule has 0 saturated carbocycles. The molecule has 88 valence electrons. The Labute approximate surface area is 96.6 Å². The minimum absolute atomic E-state index is 0.0987. The first-order valence-corrected chi connectivity index (χ1v) is 4.91. The van der Waals surface area contributed by atoms with Gasteiger partial charge in [0.15, 0.2) is 0 Å². The summed E-state index contributed by atoms with van der Waals surface area (Å²) >= 11 is 0. The fraction of sp³-hybridized carbons (Fsp3) is 0.0909. The number of amidine groups is 1. The average molecular weight is 233 g/mol. The van der Waals surface area contributed by atoms with Gasteiger partial charge in [-0.3, -0.25) is 20.9 Å². The van der Waals surface area contributed by atoms with Gasteiger partial charge in [-0.2, -0.15) is 0 Å². The first-order valence-electron chi connectivity index (χ1n) is 4.91. The molecule has 4 N–H and O–H groups in total. The molecule has 0 saturated heterocycles. The largest absolute Gasteiger partial charge is 0.480 e. The lowest BCUT2D eigenvalue weighted by Gasteiger charge is -2.04. The van der Waals surface area contributed by atoms with Crippen molar-refractivity contribution < 1.29 is 15.1 Å². The van der Waals surface area contributed by atoms with Crippen molar-refractivity contribution in [3.63, 3.8) is 0 Å². The van der Waals surface area contributed by atoms with Gasteiger partial charge in [0.25, 0.3) is 0 Å². The molecule has 0 radical (unpaired) electrons. The summed E-state index contributed by atoms with van der Waals surface area (Å²) in [5.41, 5.74) is 3.08. The van der Waals surface area contributed by atoms with E-state index in [9.17, 15) is 4.79 Å². The third-order valence-electron chi connectivity index (χ3n) is 2.48. The highest BCUT2D eigenvalue weighted by Gasteiger charge is 2.06. The lowest BCUT2D eigenvalue weighted by Crippen LogP contribution is -2.18. The molecular formula is C11H11N3O3. The number of benzene rings is 1. The first kappa shape index (κ1) is 11.2. The topological polar surface area (TPSA) is 98.3 Å². The van der Waals surface area contributed by atoms with Crippen molar-refractivity contribution in [1.29, 1.82) is 5.41 Å². The van der Waals surface area contributed by atoms with Crippen LogP contribution < -0.4 is 5.48 Å². The summed E-state index contributed by atoms with van der Waals surface area (Å²) in [4.78, 5) is 10.6. The number of carbonyl (C=O) groups is 1. The van der Waals surface area contributed by atoms with E-state index in [1.165, 1.54) is 0 Å². The molecule has 1 aromatic heterocycles. The minimum atomic E-state index is -0.906. The minimum Gasteiger partial charge on any atom is -0.480 e. The second kappa shape index (κ2) is 4.26. The standard InChI is InChI=1S/C11H11N3O3/c12-11(13-17)8-1-2-9-7(5-8)3-4-14(9)6-10(15)16/h1-5,17H,6H2,(H2,12,13)(H,15,16). The molecule has 2 aromatic rings. The summed E-state index contributed by atoms with van der Waals surface area (Å²) in [6, 6.07) is 6.84. The molecule has 0 aliphatic carbocycles. The smallest absolute Gasteiger partial charge is 0.323 e. The van der Waals surface area contributed by atoms with E-state index in [1.54, 1.807) is 40.5 Å². The van der Waals surface area contributed by atoms with E-state index >= 15 is 0 Å². The lowest BCUT2D eigenvalue weighted by atomic mass is 10.1. The number of aliphatic carboxylic acids is 1. The number of fused-ring (bicyclic) bond motifs is 1. The van der Waals surface area contributed by atoms with Crippen LogP contribution in [0.3, 0.4) is 0 Å². The van der Waals surface area contributed by atoms with Crippen LogP contribution in [-0.4, -0.2) is 26.7 Å². The fourth-order valence-corrected chi connectivity index (χ4v) is 1.70. The van der Waals surface area contributed by atoms with Crippen molar-refractivity contribution in [1.82, 2.24) is 10.0 Å². The number of nitrogens with zero attached hydrogens (tertiary/aromatic N) is 1. The maximum atomic E-state index is 10.6. The summed E-state index contributed by atoms with van der Waals surface area (Å²) in [7, 11) is 0. The maximum Gasteiger partial charge on any atom is 0.323 e. The van der Waals surface area contributed by atoms with Crippen LogP contribution in [0.2, 0.25) is 0 Å². The molecule has 0 bridgehead atoms. The predicted octanol–water partition coefficient (Wildman–Crippen LogP) is 1.03. The van der Waals surface area contributed by atoms with E-state index in [0.717, 1.165) is 10.9 Å². The molecule has 0 atom stereocenters. The zero-order valence-electron chi connectivity index (χ0n) is 8.84. The molecule has 6 nitrogen and oxygen atoms in total. The van der Waals surface area contributed by atoms with Gasteiger partial charge in [-0.05, 0) is 24.3 Å². The van der Waals surface area contributed by atoms with Gasteiger partial charge in [-0.1, -0.05) is 0 Å². The van der Waals surface area contributed by atoms with E-state index in [1.807, 2.05) is 0 Å². The monoisotopic (exact) mass is 233 g/mol. The number of rotatable bonds is 3. The number of hydrogen-bond donors (Lipinski definition) is 4. The van der Waals surface area contributed by atoms with Gasteiger partial charge in [-0.25, -0.2) is 0 Å². The predicted molar refractivity (Wildman–Crippen MR) is 61.3 cm³/mol. The third-order valence-corrected chi connectivity index (χ3v) is 2.48. The molecule has 0 amide bonds. The zero-order valence-corrected chi connectivity index (χ0v) is 8.84. The molecule has 6 heteroatoms. The van der Waals surface area contributed by atoms with Crippen LogP contribution >= 0.6 is 0 Å². The van der Waals surface area contributed by atoms with E-state index < -0.39 is 5.97 Å². The Morgan fingerprint density at radius 1 is 1.41 bits per heavy atom. The van der Waals surface area contributed by atoms with Gasteiger partial charge in [-0.15, -0.1) is 0 Å². The quantitative estimate of drug-likeness (QED) is 0.361. The number of aromatic nitrogens is 1. The van der Waals surface area contributed by atoms with Gasteiger partial charge < -0.3 is 9.67 Å². The summed E-state index contributed by atoms with van der Waals surface area (Å²) in [5, 5.41) is 25.6. The van der Waals surface area contributed by atoms with Crippen molar-refractivity contribution in [2.45, 2.75) is 6.54 Å². The molecule has 0 fully saturated rings. The maximum absolute atomic E-state index is 10.6. The SMILES string of the molecule is N=C(NO)c1ccc2c(ccn2CC(=O)O)c1. The Morgan fingerprint density at radius 2 is 2.18 bits per heavy atom. The van der Waals surface area contributed by atoms with Crippen molar-refractivity contribution in [3.05, 3.63) is 36.0 Å². The Hall–Kier alpha value is -2.34. The van der Waals surface area contributed by atoms with Gasteiger partial charge in [0, 0.05) is 22.7 Å². The van der Waals surface area contributed by atoms with Crippen LogP contribution in [0.25, 0.3) is 10.9 Å². The van der Waals surface area contributed by atoms with Crippen molar-refractivity contribution in [3.8, 4) is 0 Å². The van der Waals surface area contributed by atoms with E-state index in [2.05, 4.69) is 0 Å². The Morgan fingerprint density at radius 3 is 2.82 bits per heavy atom. The van der Waals surface area contributed by atoms with Gasteiger partial charge in [0.2, 0.25) is 0 Å². The summed E-state index contributed by atoms with van der Waals surface area (Å²) in [6.07, 6.45) is 1.68. The summed E-state index contributed by atoms with van der Waals surface area (Å²) < 4.78 is 1.61. The number of hydrogen-bond acceptors (Lipinski definition) is 3. The van der Waals surface area contributed by atoms with E-state index in [-0.39, 0.29) is 12.4 Å². The first-order chi connectivity index (χ1) is 8.11. The number of nitrogens with one attached hydrogen (secondary N) is 2. The Balaban J connectivity index is 2.44. The molecule has 0 spiro atoms. The van der Waals surface area contributed by atoms with Crippen molar-refractivity contribution in [2.24, 2.45) is 0 Å². The van der Waals surface area contributed by atoms with Crippen LogP contribution in [0, 0.1) is 5.41 Å². The molecule has 0 unspecified atom stereocenters. The second-order valence-electron chi connectivity index (χ2n) is 3.60. The third kappa shape index (κ3) is 2.11. The molecule has 1 aromatic carbocycles. The summed E-state index contributed by atoms with van der Waals surface area (Å²) in [6.45, 7) is -0.0987. The summed E-state index contributed by atoms with van der Waals surface area (Å²) in [5.74, 6) is -1.01. The van der Waals surface area contributed by atoms with E-state index in [0.29, 0.717) is 5.56 Å². The molecule has 1 heterocycles. The van der Waals surface area contributed by atoms with Gasteiger partial charge in [0.1, 0.15) is 12.4 Å². The second-order valence-corrected chi connectivity index (χ2v) is 3.60. The normalized spacial score (nSPS) is 10.4. The zero-order chi connectivity index (χ0) is 12.4. The molecule has 0 aliphatic rings. The Bertz CT molecular complexity index is 589. The number of carboxylic acids is 1. The van der Waals surface area contributed by atoms with Crippen molar-refractivity contribution in [2.75, 3.05) is 0 Å². The molecule has 0 aliphatic heterocycles. The van der Waals surface area contributed by atoms with Gasteiger partial charge in [0.05, 0.1) is 0 Å². The highest BCUT2D eigenvalue weighted by Crippen LogP contribution is 2.17. The molecule has 2 rings (SSSR count). The highest BCUT2D eigenvalue weighted by atomic mass is 16.5. The van der Waals surface area contributed by atoms with Crippen LogP contribution in [0.5, 0.6) is 0 Å². The molecule has 17 heavy (non-hydrogen) atoms. The van der Waals surface area contributed by atoms with Gasteiger partial charge >= 0.3 is 5.97 Å². The Kier molecular flexibility index (Phi) is 2.80. The average Bonchev–Trinajstić information content (AvgIpc) is 2.70. The van der Waals surface area contributed by atoms with Crippen molar-refractivity contribution >= 4 is 22.7 Å².